The quantitative estimate of drug-likeness (QED) is 0.528. The number of hydrogen-bond acceptors (Lipinski definition) is 8. The van der Waals surface area contributed by atoms with Crippen molar-refractivity contribution in [1.29, 1.82) is 0 Å². The second kappa shape index (κ2) is 6.90. The van der Waals surface area contributed by atoms with Crippen LogP contribution in [0.15, 0.2) is 6.20 Å². The van der Waals surface area contributed by atoms with Gasteiger partial charge in [0.1, 0.15) is 21.5 Å². The van der Waals surface area contributed by atoms with E-state index in [-0.39, 0.29) is 0 Å². The van der Waals surface area contributed by atoms with E-state index in [2.05, 4.69) is 34.2 Å². The molecule has 0 aliphatic rings. The Morgan fingerprint density at radius 2 is 1.96 bits per heavy atom. The van der Waals surface area contributed by atoms with Crippen LogP contribution in [0.3, 0.4) is 0 Å². The molecule has 0 amide bonds. The summed E-state index contributed by atoms with van der Waals surface area (Å²) in [5, 5.41) is 10.0. The molecule has 3 N–H and O–H groups in total. The Hall–Kier alpha value is -2.10. The lowest BCUT2D eigenvalue weighted by Gasteiger charge is -2.09. The monoisotopic (exact) mass is 387 g/mol. The summed E-state index contributed by atoms with van der Waals surface area (Å²) in [6, 6.07) is 0. The highest BCUT2D eigenvalue weighted by Gasteiger charge is 2.14. The summed E-state index contributed by atoms with van der Waals surface area (Å²) in [5.41, 5.74) is 7.96. The topological polar surface area (TPSA) is 94.0 Å². The Morgan fingerprint density at radius 1 is 1.12 bits per heavy atom. The predicted molar refractivity (Wildman–Crippen MR) is 107 cm³/mol. The molecule has 0 saturated heterocycles. The Balaban J connectivity index is 1.56. The summed E-state index contributed by atoms with van der Waals surface area (Å²) in [7, 11) is 0. The molecule has 0 aliphatic heterocycles. The van der Waals surface area contributed by atoms with Crippen LogP contribution in [0.5, 0.6) is 0 Å². The molecule has 0 bridgehead atoms. The lowest BCUT2D eigenvalue weighted by molar-refractivity contribution is 0.876. The maximum Gasteiger partial charge on any atom is 0.212 e. The molecule has 4 rings (SSSR count). The van der Waals surface area contributed by atoms with Crippen molar-refractivity contribution in [2.24, 2.45) is 5.73 Å². The van der Waals surface area contributed by atoms with Crippen molar-refractivity contribution in [2.45, 2.75) is 33.6 Å². The zero-order valence-electron chi connectivity index (χ0n) is 15.0. The van der Waals surface area contributed by atoms with Gasteiger partial charge in [-0.15, -0.1) is 11.3 Å². The predicted octanol–water partition coefficient (Wildman–Crippen LogP) is 2.88. The molecule has 0 atom stereocenters. The van der Waals surface area contributed by atoms with Crippen LogP contribution in [0, 0.1) is 20.8 Å². The number of nitrogens with one attached hydrogen (secondary N) is 1. The molecule has 0 spiro atoms. The number of aromatic nitrogens is 5. The number of nitrogens with two attached hydrogens (primary N) is 1. The largest absolute Gasteiger partial charge is 0.369 e. The molecule has 26 heavy (non-hydrogen) atoms. The van der Waals surface area contributed by atoms with Crippen LogP contribution in [0.2, 0.25) is 0 Å². The third-order valence-corrected chi connectivity index (χ3v) is 6.25. The van der Waals surface area contributed by atoms with Gasteiger partial charge < -0.3 is 11.1 Å². The molecule has 0 radical (unpaired) electrons. The number of imidazole rings is 1. The highest BCUT2D eigenvalue weighted by molar-refractivity contribution is 7.18. The van der Waals surface area contributed by atoms with Crippen molar-refractivity contribution in [3.8, 4) is 0 Å². The standard InChI is InChI=1S/C17H21N7S2/c1-9-10(2)25-16-14(9)15(21-13(22-16)4-6-18)19-7-5-12-8-24-17(20-12)26-11(3)23-24/h8H,4-7,18H2,1-3H3,(H,19,21,22). The van der Waals surface area contributed by atoms with Crippen LogP contribution in [0.4, 0.5) is 5.82 Å². The van der Waals surface area contributed by atoms with E-state index in [1.165, 1.54) is 10.4 Å². The summed E-state index contributed by atoms with van der Waals surface area (Å²) >= 11 is 3.32. The molecule has 4 aromatic heterocycles. The molecule has 136 valence electrons. The van der Waals surface area contributed by atoms with Crippen molar-refractivity contribution in [3.05, 3.63) is 33.2 Å². The minimum Gasteiger partial charge on any atom is -0.369 e. The Morgan fingerprint density at radius 3 is 2.73 bits per heavy atom. The summed E-state index contributed by atoms with van der Waals surface area (Å²) in [4.78, 5) is 17.3. The van der Waals surface area contributed by atoms with Crippen LogP contribution in [0.1, 0.15) is 27.0 Å². The molecule has 9 heteroatoms. The maximum absolute atomic E-state index is 5.69. The second-order valence-corrected chi connectivity index (χ2v) is 8.61. The molecular weight excluding hydrogens is 366 g/mol. The SMILES string of the molecule is Cc1nn2cc(CCNc3nc(CCN)nc4sc(C)c(C)c34)nc2s1. The molecule has 0 saturated carbocycles. The summed E-state index contributed by atoms with van der Waals surface area (Å²) in [6.45, 7) is 7.55. The van der Waals surface area contributed by atoms with Crippen molar-refractivity contribution in [3.63, 3.8) is 0 Å². The van der Waals surface area contributed by atoms with E-state index in [1.807, 2.05) is 17.6 Å². The zero-order chi connectivity index (χ0) is 18.3. The van der Waals surface area contributed by atoms with Crippen molar-refractivity contribution in [1.82, 2.24) is 24.6 Å². The van der Waals surface area contributed by atoms with E-state index in [4.69, 9.17) is 10.7 Å². The average Bonchev–Trinajstić information content (AvgIpc) is 3.19. The molecule has 0 aliphatic carbocycles. The second-order valence-electron chi connectivity index (χ2n) is 6.25. The van der Waals surface area contributed by atoms with Crippen LogP contribution < -0.4 is 11.1 Å². The molecule has 0 fully saturated rings. The number of rotatable bonds is 6. The average molecular weight is 388 g/mol. The highest BCUT2D eigenvalue weighted by atomic mass is 32.1. The van der Waals surface area contributed by atoms with Crippen molar-refractivity contribution in [2.75, 3.05) is 18.4 Å². The Labute approximate surface area is 159 Å². The fourth-order valence-electron chi connectivity index (χ4n) is 2.94. The van der Waals surface area contributed by atoms with Gasteiger partial charge >= 0.3 is 0 Å². The Kier molecular flexibility index (Phi) is 4.60. The third-order valence-electron chi connectivity index (χ3n) is 4.31. The van der Waals surface area contributed by atoms with Gasteiger partial charge in [0.25, 0.3) is 0 Å². The van der Waals surface area contributed by atoms with Gasteiger partial charge in [-0.3, -0.25) is 0 Å². The smallest absolute Gasteiger partial charge is 0.212 e. The van der Waals surface area contributed by atoms with E-state index >= 15 is 0 Å². The molecule has 4 heterocycles. The maximum atomic E-state index is 5.69. The van der Waals surface area contributed by atoms with Gasteiger partial charge in [0.2, 0.25) is 4.96 Å². The highest BCUT2D eigenvalue weighted by Crippen LogP contribution is 2.33. The molecule has 0 unspecified atom stereocenters. The van der Waals surface area contributed by atoms with Gasteiger partial charge in [-0.2, -0.15) is 5.10 Å². The number of nitrogens with zero attached hydrogens (tertiary/aromatic N) is 5. The first-order valence-corrected chi connectivity index (χ1v) is 10.2. The van der Waals surface area contributed by atoms with Crippen molar-refractivity contribution < 1.29 is 0 Å². The fraction of sp³-hybridized carbons (Fsp3) is 0.412. The minimum absolute atomic E-state index is 0.548. The first-order chi connectivity index (χ1) is 12.5. The van der Waals surface area contributed by atoms with E-state index in [9.17, 15) is 0 Å². The minimum atomic E-state index is 0.548. The number of hydrogen-bond donors (Lipinski definition) is 2. The Bertz CT molecular complexity index is 1040. The third kappa shape index (κ3) is 3.17. The van der Waals surface area contributed by atoms with E-state index in [0.29, 0.717) is 13.0 Å². The van der Waals surface area contributed by atoms with Crippen molar-refractivity contribution >= 4 is 43.7 Å². The van der Waals surface area contributed by atoms with E-state index in [0.717, 1.165) is 50.5 Å². The summed E-state index contributed by atoms with van der Waals surface area (Å²) in [5.74, 6) is 1.70. The lowest BCUT2D eigenvalue weighted by Crippen LogP contribution is -2.11. The normalized spacial score (nSPS) is 11.7. The van der Waals surface area contributed by atoms with Gasteiger partial charge in [0.15, 0.2) is 0 Å². The number of fused-ring (bicyclic) bond motifs is 2. The molecular formula is C17H21N7S2. The van der Waals surface area contributed by atoms with Gasteiger partial charge in [-0.05, 0) is 32.9 Å². The van der Waals surface area contributed by atoms with Gasteiger partial charge in [-0.25, -0.2) is 19.5 Å². The van der Waals surface area contributed by atoms with Gasteiger partial charge in [0.05, 0.1) is 17.3 Å². The first kappa shape index (κ1) is 17.3. The van der Waals surface area contributed by atoms with Crippen LogP contribution in [-0.2, 0) is 12.8 Å². The first-order valence-electron chi connectivity index (χ1n) is 8.57. The van der Waals surface area contributed by atoms with Crippen LogP contribution in [-0.4, -0.2) is 37.7 Å². The lowest BCUT2D eigenvalue weighted by atomic mass is 10.2. The summed E-state index contributed by atoms with van der Waals surface area (Å²) < 4.78 is 1.85. The molecule has 0 aromatic carbocycles. The van der Waals surface area contributed by atoms with Gasteiger partial charge in [-0.1, -0.05) is 11.3 Å². The van der Waals surface area contributed by atoms with Gasteiger partial charge in [0, 0.05) is 24.3 Å². The summed E-state index contributed by atoms with van der Waals surface area (Å²) in [6.07, 6.45) is 3.49. The molecule has 4 aromatic rings. The number of aryl methyl sites for hydroxylation is 3. The number of thiophene rings is 1. The van der Waals surface area contributed by atoms with E-state index in [1.54, 1.807) is 22.7 Å². The van der Waals surface area contributed by atoms with E-state index < -0.39 is 0 Å². The van der Waals surface area contributed by atoms with Crippen LogP contribution >= 0.6 is 22.7 Å². The van der Waals surface area contributed by atoms with Crippen LogP contribution in [0.25, 0.3) is 15.2 Å². The fourth-order valence-corrected chi connectivity index (χ4v) is 4.73. The zero-order valence-corrected chi connectivity index (χ0v) is 16.7. The number of anilines is 1. The molecule has 7 nitrogen and oxygen atoms in total.